The van der Waals surface area contributed by atoms with Crippen LogP contribution in [0, 0.1) is 17.8 Å². The van der Waals surface area contributed by atoms with Gasteiger partial charge in [0.15, 0.2) is 0 Å². The third-order valence-electron chi connectivity index (χ3n) is 4.10. The van der Waals surface area contributed by atoms with Crippen LogP contribution in [0.4, 0.5) is 0 Å². The summed E-state index contributed by atoms with van der Waals surface area (Å²) in [5.41, 5.74) is 0. The third-order valence-corrected chi connectivity index (χ3v) is 4.10. The van der Waals surface area contributed by atoms with Crippen molar-refractivity contribution in [2.45, 2.75) is 86.0 Å². The second-order valence-electron chi connectivity index (χ2n) is 5.78. The van der Waals surface area contributed by atoms with Gasteiger partial charge in [0.2, 0.25) is 0 Å². The fourth-order valence-corrected chi connectivity index (χ4v) is 2.86. The zero-order valence-corrected chi connectivity index (χ0v) is 12.4. The van der Waals surface area contributed by atoms with Crippen molar-refractivity contribution in [2.75, 3.05) is 0 Å². The summed E-state index contributed by atoms with van der Waals surface area (Å²) in [5.74, 6) is 2.87. The SMILES string of the molecule is CCC(CC)C(CC)CCCCCC(C)C. The number of unbranched alkanes of at least 4 members (excludes halogenated alkanes) is 2. The molecule has 0 heteroatoms. The predicted octanol–water partition coefficient (Wildman–Crippen LogP) is 6.06. The van der Waals surface area contributed by atoms with Crippen LogP contribution in [0.15, 0.2) is 0 Å². The fraction of sp³-hybridized carbons (Fsp3) is 1.00. The minimum Gasteiger partial charge on any atom is -0.0651 e. The van der Waals surface area contributed by atoms with E-state index in [0.29, 0.717) is 0 Å². The van der Waals surface area contributed by atoms with Gasteiger partial charge in [-0.25, -0.2) is 0 Å². The van der Waals surface area contributed by atoms with Gasteiger partial charge in [0.1, 0.15) is 0 Å². The first-order valence-corrected chi connectivity index (χ1v) is 7.65. The second kappa shape index (κ2) is 10.2. The minimum absolute atomic E-state index is 0.890. The van der Waals surface area contributed by atoms with Gasteiger partial charge in [-0.2, -0.15) is 0 Å². The number of hydrogen-bond acceptors (Lipinski definition) is 0. The average Bonchev–Trinajstić information content (AvgIpc) is 2.27. The van der Waals surface area contributed by atoms with Gasteiger partial charge in [-0.3, -0.25) is 0 Å². The molecule has 0 aromatic rings. The first-order chi connectivity index (χ1) is 7.65. The first kappa shape index (κ1) is 16.0. The summed E-state index contributed by atoms with van der Waals surface area (Å²) in [7, 11) is 0. The van der Waals surface area contributed by atoms with Gasteiger partial charge in [0, 0.05) is 0 Å². The topological polar surface area (TPSA) is 0 Å². The lowest BCUT2D eigenvalue weighted by atomic mass is 9.82. The zero-order chi connectivity index (χ0) is 12.4. The molecule has 0 aromatic heterocycles. The van der Waals surface area contributed by atoms with E-state index in [9.17, 15) is 0 Å². The predicted molar refractivity (Wildman–Crippen MR) is 75.8 cm³/mol. The van der Waals surface area contributed by atoms with Crippen LogP contribution in [0.3, 0.4) is 0 Å². The summed E-state index contributed by atoms with van der Waals surface area (Å²) >= 11 is 0. The number of hydrogen-bond donors (Lipinski definition) is 0. The molecular formula is C16H34. The van der Waals surface area contributed by atoms with Gasteiger partial charge in [0.25, 0.3) is 0 Å². The van der Waals surface area contributed by atoms with Crippen molar-refractivity contribution in [1.29, 1.82) is 0 Å². The van der Waals surface area contributed by atoms with Crippen LogP contribution in [-0.4, -0.2) is 0 Å². The van der Waals surface area contributed by atoms with E-state index in [0.717, 1.165) is 17.8 Å². The highest BCUT2D eigenvalue weighted by Crippen LogP contribution is 2.27. The van der Waals surface area contributed by atoms with Gasteiger partial charge in [-0.15, -0.1) is 0 Å². The molecule has 16 heavy (non-hydrogen) atoms. The molecule has 0 aromatic carbocycles. The molecule has 0 heterocycles. The molecule has 0 aliphatic carbocycles. The van der Waals surface area contributed by atoms with Crippen LogP contribution in [0.2, 0.25) is 0 Å². The summed E-state index contributed by atoms with van der Waals surface area (Å²) in [5, 5.41) is 0. The monoisotopic (exact) mass is 226 g/mol. The highest BCUT2D eigenvalue weighted by molar-refractivity contribution is 4.67. The smallest absolute Gasteiger partial charge is 0.0389 e. The molecular weight excluding hydrogens is 192 g/mol. The van der Waals surface area contributed by atoms with E-state index in [4.69, 9.17) is 0 Å². The maximum atomic E-state index is 2.37. The molecule has 1 unspecified atom stereocenters. The summed E-state index contributed by atoms with van der Waals surface area (Å²) in [6, 6.07) is 0. The lowest BCUT2D eigenvalue weighted by Gasteiger charge is -2.24. The molecule has 0 aliphatic rings. The van der Waals surface area contributed by atoms with Crippen molar-refractivity contribution < 1.29 is 0 Å². The van der Waals surface area contributed by atoms with Gasteiger partial charge >= 0.3 is 0 Å². The van der Waals surface area contributed by atoms with Crippen LogP contribution in [0.25, 0.3) is 0 Å². The quantitative estimate of drug-likeness (QED) is 0.397. The first-order valence-electron chi connectivity index (χ1n) is 7.65. The molecule has 0 saturated carbocycles. The van der Waals surface area contributed by atoms with E-state index in [2.05, 4.69) is 34.6 Å². The van der Waals surface area contributed by atoms with E-state index < -0.39 is 0 Å². The Morgan fingerprint density at radius 3 is 1.56 bits per heavy atom. The molecule has 0 rings (SSSR count). The van der Waals surface area contributed by atoms with Gasteiger partial charge < -0.3 is 0 Å². The second-order valence-corrected chi connectivity index (χ2v) is 5.78. The maximum Gasteiger partial charge on any atom is -0.0389 e. The molecule has 1 atom stereocenters. The summed E-state index contributed by atoms with van der Waals surface area (Å²) in [6.45, 7) is 11.8. The lowest BCUT2D eigenvalue weighted by Crippen LogP contribution is -2.12. The van der Waals surface area contributed by atoms with E-state index >= 15 is 0 Å². The van der Waals surface area contributed by atoms with E-state index in [1.54, 1.807) is 0 Å². The standard InChI is InChI=1S/C16H34/c1-6-15(7-2)16(8-3)13-11-9-10-12-14(4)5/h14-16H,6-13H2,1-5H3. The van der Waals surface area contributed by atoms with Crippen molar-refractivity contribution in [3.05, 3.63) is 0 Å². The molecule has 0 spiro atoms. The van der Waals surface area contributed by atoms with Crippen LogP contribution >= 0.6 is 0 Å². The molecule has 98 valence electrons. The Kier molecular flexibility index (Phi) is 10.2. The molecule has 0 fully saturated rings. The molecule has 0 N–H and O–H groups in total. The molecule has 0 nitrogen and oxygen atoms in total. The van der Waals surface area contributed by atoms with Gasteiger partial charge in [-0.1, -0.05) is 86.0 Å². The van der Waals surface area contributed by atoms with Crippen LogP contribution in [-0.2, 0) is 0 Å². The van der Waals surface area contributed by atoms with Gasteiger partial charge in [0.05, 0.1) is 0 Å². The Hall–Kier alpha value is 0. The summed E-state index contributed by atoms with van der Waals surface area (Å²) in [4.78, 5) is 0. The Balaban J connectivity index is 3.62. The molecule has 0 bridgehead atoms. The molecule has 0 saturated heterocycles. The molecule has 0 aliphatic heterocycles. The average molecular weight is 226 g/mol. The van der Waals surface area contributed by atoms with Crippen LogP contribution < -0.4 is 0 Å². The molecule has 0 radical (unpaired) electrons. The maximum absolute atomic E-state index is 2.37. The largest absolute Gasteiger partial charge is 0.0651 e. The van der Waals surface area contributed by atoms with Crippen LogP contribution in [0.1, 0.15) is 86.0 Å². The van der Waals surface area contributed by atoms with E-state index in [1.807, 2.05) is 0 Å². The van der Waals surface area contributed by atoms with Crippen molar-refractivity contribution in [2.24, 2.45) is 17.8 Å². The van der Waals surface area contributed by atoms with Crippen molar-refractivity contribution in [1.82, 2.24) is 0 Å². The Labute approximate surface area is 104 Å². The van der Waals surface area contributed by atoms with Crippen molar-refractivity contribution >= 4 is 0 Å². The number of rotatable bonds is 10. The van der Waals surface area contributed by atoms with Crippen molar-refractivity contribution in [3.63, 3.8) is 0 Å². The highest BCUT2D eigenvalue weighted by Gasteiger charge is 2.15. The minimum atomic E-state index is 0.890. The fourth-order valence-electron chi connectivity index (χ4n) is 2.86. The lowest BCUT2D eigenvalue weighted by molar-refractivity contribution is 0.277. The Morgan fingerprint density at radius 2 is 1.12 bits per heavy atom. The highest BCUT2D eigenvalue weighted by atomic mass is 14.2. The molecule has 0 amide bonds. The Morgan fingerprint density at radius 1 is 0.625 bits per heavy atom. The Bertz CT molecular complexity index is 133. The van der Waals surface area contributed by atoms with Crippen molar-refractivity contribution in [3.8, 4) is 0 Å². The zero-order valence-electron chi connectivity index (χ0n) is 12.4. The normalized spacial score (nSPS) is 13.7. The van der Waals surface area contributed by atoms with Crippen LogP contribution in [0.5, 0.6) is 0 Å². The summed E-state index contributed by atoms with van der Waals surface area (Å²) in [6.07, 6.45) is 11.4. The van der Waals surface area contributed by atoms with Gasteiger partial charge in [-0.05, 0) is 17.8 Å². The van der Waals surface area contributed by atoms with E-state index in [-0.39, 0.29) is 0 Å². The summed E-state index contributed by atoms with van der Waals surface area (Å²) < 4.78 is 0. The van der Waals surface area contributed by atoms with E-state index in [1.165, 1.54) is 51.4 Å². The third kappa shape index (κ3) is 7.30.